The van der Waals surface area contributed by atoms with Crippen LogP contribution in [0.1, 0.15) is 39.3 Å². The van der Waals surface area contributed by atoms with Crippen molar-refractivity contribution >= 4 is 11.9 Å². The fraction of sp³-hybridized carbons (Fsp3) is 0.250. The molecule has 0 radical (unpaired) electrons. The summed E-state index contributed by atoms with van der Waals surface area (Å²) in [5.74, 6) is -1.34. The van der Waals surface area contributed by atoms with Crippen LogP contribution in [0.4, 0.5) is 0 Å². The molecule has 0 bridgehead atoms. The third kappa shape index (κ3) is 5.70. The van der Waals surface area contributed by atoms with Crippen LogP contribution in [0.5, 0.6) is 0 Å². The van der Waals surface area contributed by atoms with Crippen molar-refractivity contribution in [1.29, 1.82) is 0 Å². The summed E-state index contributed by atoms with van der Waals surface area (Å²) in [6.07, 6.45) is 0. The van der Waals surface area contributed by atoms with Crippen LogP contribution < -0.4 is 0 Å². The second kappa shape index (κ2) is 8.51. The van der Waals surface area contributed by atoms with E-state index in [9.17, 15) is 9.59 Å². The van der Waals surface area contributed by atoms with Crippen molar-refractivity contribution in [3.05, 3.63) is 59.2 Å². The van der Waals surface area contributed by atoms with Crippen molar-refractivity contribution in [2.75, 3.05) is 6.61 Å². The minimum Gasteiger partial charge on any atom is -0.477 e. The molecule has 0 fully saturated rings. The van der Waals surface area contributed by atoms with Gasteiger partial charge in [0, 0.05) is 11.4 Å². The lowest BCUT2D eigenvalue weighted by Crippen LogP contribution is -2.07. The van der Waals surface area contributed by atoms with E-state index in [1.165, 1.54) is 6.07 Å². The minimum absolute atomic E-state index is 0.0972. The molecule has 1 N–H and O–H groups in total. The Bertz CT molecular complexity index is 656. The lowest BCUT2D eigenvalue weighted by atomic mass is 10.3. The SMILES string of the molecule is CCOC(=O)c1cccc(C)n1.Cc1cccc(C(=O)O)n1. The Labute approximate surface area is 128 Å². The number of aryl methyl sites for hydroxylation is 2. The van der Waals surface area contributed by atoms with E-state index >= 15 is 0 Å². The molecular weight excluding hydrogens is 284 g/mol. The van der Waals surface area contributed by atoms with Crippen LogP contribution in [0, 0.1) is 13.8 Å². The number of aromatic nitrogens is 2. The van der Waals surface area contributed by atoms with E-state index < -0.39 is 5.97 Å². The summed E-state index contributed by atoms with van der Waals surface area (Å²) in [7, 11) is 0. The predicted molar refractivity (Wildman–Crippen MR) is 80.9 cm³/mol. The van der Waals surface area contributed by atoms with Crippen LogP contribution in [-0.4, -0.2) is 33.6 Å². The maximum atomic E-state index is 11.1. The largest absolute Gasteiger partial charge is 0.477 e. The molecule has 2 rings (SSSR count). The van der Waals surface area contributed by atoms with E-state index in [-0.39, 0.29) is 11.7 Å². The first-order valence-corrected chi connectivity index (χ1v) is 6.71. The Morgan fingerprint density at radius 3 is 1.91 bits per heavy atom. The average Bonchev–Trinajstić information content (AvgIpc) is 2.48. The number of rotatable bonds is 3. The van der Waals surface area contributed by atoms with Crippen molar-refractivity contribution < 1.29 is 19.4 Å². The van der Waals surface area contributed by atoms with E-state index in [1.54, 1.807) is 38.1 Å². The quantitative estimate of drug-likeness (QED) is 0.877. The minimum atomic E-state index is -0.983. The second-order valence-corrected chi connectivity index (χ2v) is 4.35. The van der Waals surface area contributed by atoms with Gasteiger partial charge in [0.25, 0.3) is 0 Å². The topological polar surface area (TPSA) is 89.4 Å². The van der Waals surface area contributed by atoms with Gasteiger partial charge in [0.2, 0.25) is 0 Å². The molecule has 6 heteroatoms. The Hall–Kier alpha value is -2.76. The number of hydrogen-bond donors (Lipinski definition) is 1. The number of pyridine rings is 2. The standard InChI is InChI=1S/C9H11NO2.C7H7NO2/c1-3-12-9(11)8-6-4-5-7(2)10-8;1-5-3-2-4-6(8-5)7(9)10/h4-6H,3H2,1-2H3;2-4H,1H3,(H,9,10). The van der Waals surface area contributed by atoms with Crippen LogP contribution in [-0.2, 0) is 4.74 Å². The van der Waals surface area contributed by atoms with Gasteiger partial charge in [-0.2, -0.15) is 0 Å². The Morgan fingerprint density at radius 1 is 1.00 bits per heavy atom. The number of hydrogen-bond acceptors (Lipinski definition) is 5. The summed E-state index contributed by atoms with van der Waals surface area (Å²) in [4.78, 5) is 29.2. The number of aromatic carboxylic acids is 1. The van der Waals surface area contributed by atoms with Gasteiger partial charge in [-0.15, -0.1) is 0 Å². The van der Waals surface area contributed by atoms with Gasteiger partial charge in [-0.3, -0.25) is 0 Å². The van der Waals surface area contributed by atoms with Crippen LogP contribution in [0.15, 0.2) is 36.4 Å². The highest BCUT2D eigenvalue weighted by atomic mass is 16.5. The highest BCUT2D eigenvalue weighted by Crippen LogP contribution is 1.99. The van der Waals surface area contributed by atoms with Crippen molar-refractivity contribution in [1.82, 2.24) is 9.97 Å². The molecule has 2 aromatic rings. The zero-order valence-electron chi connectivity index (χ0n) is 12.7. The van der Waals surface area contributed by atoms with E-state index in [0.29, 0.717) is 12.3 Å². The molecule has 0 spiro atoms. The average molecular weight is 302 g/mol. The van der Waals surface area contributed by atoms with Gasteiger partial charge in [-0.25, -0.2) is 19.6 Å². The second-order valence-electron chi connectivity index (χ2n) is 4.35. The molecule has 2 aromatic heterocycles. The number of carbonyl (C=O) groups excluding carboxylic acids is 1. The van der Waals surface area contributed by atoms with Crippen molar-refractivity contribution in [3.63, 3.8) is 0 Å². The predicted octanol–water partition coefficient (Wildman–Crippen LogP) is 2.65. The first kappa shape index (κ1) is 17.3. The first-order valence-electron chi connectivity index (χ1n) is 6.71. The lowest BCUT2D eigenvalue weighted by molar-refractivity contribution is 0.0518. The van der Waals surface area contributed by atoms with E-state index in [2.05, 4.69) is 9.97 Å². The van der Waals surface area contributed by atoms with Crippen LogP contribution in [0.3, 0.4) is 0 Å². The molecule has 0 saturated carbocycles. The highest BCUT2D eigenvalue weighted by Gasteiger charge is 2.06. The number of carboxylic acid groups (broad SMARTS) is 1. The molecule has 0 saturated heterocycles. The van der Waals surface area contributed by atoms with E-state index in [1.807, 2.05) is 13.0 Å². The molecule has 6 nitrogen and oxygen atoms in total. The molecule has 0 aliphatic rings. The molecule has 22 heavy (non-hydrogen) atoms. The fourth-order valence-electron chi connectivity index (χ4n) is 1.52. The van der Waals surface area contributed by atoms with Crippen LogP contribution in [0.25, 0.3) is 0 Å². The van der Waals surface area contributed by atoms with Crippen LogP contribution in [0.2, 0.25) is 0 Å². The van der Waals surface area contributed by atoms with Gasteiger partial charge in [0.05, 0.1) is 6.61 Å². The summed E-state index contributed by atoms with van der Waals surface area (Å²) in [6, 6.07) is 10.2. The fourth-order valence-corrected chi connectivity index (χ4v) is 1.52. The number of carboxylic acids is 1. The maximum absolute atomic E-state index is 11.1. The zero-order chi connectivity index (χ0) is 16.5. The molecule has 0 aromatic carbocycles. The molecule has 0 amide bonds. The molecule has 2 heterocycles. The zero-order valence-corrected chi connectivity index (χ0v) is 12.7. The third-order valence-electron chi connectivity index (χ3n) is 2.48. The number of esters is 1. The summed E-state index contributed by atoms with van der Waals surface area (Å²) in [6.45, 7) is 5.75. The summed E-state index contributed by atoms with van der Waals surface area (Å²) in [5.41, 5.74) is 2.01. The molecule has 116 valence electrons. The van der Waals surface area contributed by atoms with Gasteiger partial charge >= 0.3 is 11.9 Å². The normalized spacial score (nSPS) is 9.41. The lowest BCUT2D eigenvalue weighted by Gasteiger charge is -2.00. The summed E-state index contributed by atoms with van der Waals surface area (Å²) >= 11 is 0. The molecule has 0 aliphatic heterocycles. The molecule has 0 aliphatic carbocycles. The van der Waals surface area contributed by atoms with Crippen molar-refractivity contribution in [3.8, 4) is 0 Å². The molecule has 0 atom stereocenters. The van der Waals surface area contributed by atoms with Crippen molar-refractivity contribution in [2.45, 2.75) is 20.8 Å². The Kier molecular flexibility index (Phi) is 6.69. The van der Waals surface area contributed by atoms with Gasteiger partial charge in [0.15, 0.2) is 0 Å². The summed E-state index contributed by atoms with van der Waals surface area (Å²) < 4.78 is 4.78. The summed E-state index contributed by atoms with van der Waals surface area (Å²) in [5, 5.41) is 8.45. The van der Waals surface area contributed by atoms with Gasteiger partial charge in [0.1, 0.15) is 11.4 Å². The number of ether oxygens (including phenoxy) is 1. The third-order valence-corrected chi connectivity index (χ3v) is 2.48. The van der Waals surface area contributed by atoms with Gasteiger partial charge in [-0.1, -0.05) is 12.1 Å². The van der Waals surface area contributed by atoms with E-state index in [0.717, 1.165) is 11.4 Å². The van der Waals surface area contributed by atoms with Gasteiger partial charge in [-0.05, 0) is 45.0 Å². The monoisotopic (exact) mass is 302 g/mol. The maximum Gasteiger partial charge on any atom is 0.356 e. The number of carbonyl (C=O) groups is 2. The molecule has 0 unspecified atom stereocenters. The van der Waals surface area contributed by atoms with E-state index in [4.69, 9.17) is 9.84 Å². The van der Waals surface area contributed by atoms with Crippen LogP contribution >= 0.6 is 0 Å². The smallest absolute Gasteiger partial charge is 0.356 e. The van der Waals surface area contributed by atoms with Crippen molar-refractivity contribution in [2.24, 2.45) is 0 Å². The number of nitrogens with zero attached hydrogens (tertiary/aromatic N) is 2. The molecular formula is C16H18N2O4. The van der Waals surface area contributed by atoms with Gasteiger partial charge < -0.3 is 9.84 Å². The Balaban J connectivity index is 0.000000224. The highest BCUT2D eigenvalue weighted by molar-refractivity contribution is 5.87. The first-order chi connectivity index (χ1) is 10.4. The Morgan fingerprint density at radius 2 is 1.50 bits per heavy atom.